The maximum Gasteiger partial charge on any atom is 2.00 e. The van der Waals surface area contributed by atoms with Crippen molar-refractivity contribution in [3.63, 3.8) is 0 Å². The van der Waals surface area contributed by atoms with Gasteiger partial charge in [0.15, 0.2) is 0 Å². The van der Waals surface area contributed by atoms with Crippen LogP contribution < -0.4 is 6.94 Å². The molecule has 0 spiro atoms. The fraction of sp³-hybridized carbons (Fsp3) is 0. The zero-order valence-corrected chi connectivity index (χ0v) is 5.34. The molecule has 0 rings (SSSR count). The van der Waals surface area contributed by atoms with Crippen molar-refractivity contribution < 1.29 is 26.8 Å². The fourth-order valence-electron chi connectivity index (χ4n) is 0. The van der Waals surface area contributed by atoms with Gasteiger partial charge in [0.1, 0.15) is 0 Å². The average Bonchev–Trinajstić information content (AvgIpc) is 0.811. The molecule has 0 aromatic carbocycles. The molecule has 0 bridgehead atoms. The molecule has 0 aromatic rings. The van der Waals surface area contributed by atoms with Crippen molar-refractivity contribution in [2.45, 2.75) is 0 Å². The minimum Gasteiger partial charge on any atom is 2.00 e. The van der Waals surface area contributed by atoms with Crippen molar-refractivity contribution in [3.05, 3.63) is 0 Å². The molecule has 5 heavy (non-hydrogen) atoms. The molecular weight excluding hydrogens is 235 g/mol. The van der Waals surface area contributed by atoms with Gasteiger partial charge >= 0.3 is 47.2 Å². The van der Waals surface area contributed by atoms with Crippen LogP contribution in [0.4, 0.5) is 0 Å². The Morgan fingerprint density at radius 1 is 1.40 bits per heavy atom. The van der Waals surface area contributed by atoms with Crippen LogP contribution >= 0.6 is 0 Å². The Bertz CT molecular complexity index is 29.9. The van der Waals surface area contributed by atoms with E-state index in [0.29, 0.717) is 0 Å². The van der Waals surface area contributed by atoms with E-state index in [0.717, 1.165) is 0 Å². The molecule has 1 radical (unpaired) electrons. The standard InChI is InChI=1S/Co.H2O3Te/c;1-4(2)3/h;(H2,1,2,3)/q+2;/p-2. The molecule has 0 fully saturated rings. The molecule has 33 valence electrons. The summed E-state index contributed by atoms with van der Waals surface area (Å²) >= 11 is -4.11. The summed E-state index contributed by atoms with van der Waals surface area (Å²) in [5.74, 6) is 0. The predicted molar refractivity (Wildman–Crippen MR) is 6.44 cm³/mol. The van der Waals surface area contributed by atoms with Gasteiger partial charge in [0.25, 0.3) is 0 Å². The van der Waals surface area contributed by atoms with Gasteiger partial charge in [0, 0.05) is 0 Å². The number of hydrogen-bond acceptors (Lipinski definition) is 3. The smallest absolute Gasteiger partial charge is 2.00 e. The summed E-state index contributed by atoms with van der Waals surface area (Å²) in [6.45, 7) is 0. The molecule has 0 aliphatic heterocycles. The third-order valence-corrected chi connectivity index (χ3v) is 0. The largest absolute Gasteiger partial charge is 2.00 e. The first kappa shape index (κ1) is 9.39. The summed E-state index contributed by atoms with van der Waals surface area (Å²) in [5.41, 5.74) is 0. The van der Waals surface area contributed by atoms with E-state index < -0.39 is 20.4 Å². The van der Waals surface area contributed by atoms with Crippen molar-refractivity contribution in [1.82, 2.24) is 0 Å². The SMILES string of the molecule is O=[Te]([O-])[O-].[Co+2]. The molecule has 0 unspecified atom stereocenters. The minimum absolute atomic E-state index is 0. The molecule has 0 amide bonds. The summed E-state index contributed by atoms with van der Waals surface area (Å²) in [4.78, 5) is 0. The molecule has 0 aliphatic rings. The Balaban J connectivity index is 0. The molecule has 0 saturated carbocycles. The topological polar surface area (TPSA) is 63.2 Å². The van der Waals surface area contributed by atoms with E-state index in [1.54, 1.807) is 0 Å². The minimum atomic E-state index is -4.11. The molecule has 0 aliphatic carbocycles. The van der Waals surface area contributed by atoms with Crippen LogP contribution in [-0.4, -0.2) is 20.4 Å². The Labute approximate surface area is 47.3 Å². The Kier molecular flexibility index (Phi) is 9.42. The summed E-state index contributed by atoms with van der Waals surface area (Å²) in [6, 6.07) is 0. The molecule has 0 atom stereocenters. The van der Waals surface area contributed by atoms with Gasteiger partial charge in [-0.05, 0) is 0 Å². The Morgan fingerprint density at radius 3 is 1.40 bits per heavy atom. The van der Waals surface area contributed by atoms with E-state index in [1.165, 1.54) is 0 Å². The van der Waals surface area contributed by atoms with Crippen LogP contribution in [0.15, 0.2) is 0 Å². The van der Waals surface area contributed by atoms with Crippen LogP contribution in [0.3, 0.4) is 0 Å². The van der Waals surface area contributed by atoms with E-state index in [9.17, 15) is 0 Å². The first-order valence-corrected chi connectivity index (χ1v) is 3.35. The maximum absolute atomic E-state index is 8.59. The molecule has 0 saturated heterocycles. The maximum atomic E-state index is 8.59. The van der Waals surface area contributed by atoms with E-state index in [2.05, 4.69) is 0 Å². The summed E-state index contributed by atoms with van der Waals surface area (Å²) in [6.07, 6.45) is 0. The van der Waals surface area contributed by atoms with Gasteiger partial charge in [0.2, 0.25) is 0 Å². The van der Waals surface area contributed by atoms with Crippen LogP contribution in [0.5, 0.6) is 0 Å². The van der Waals surface area contributed by atoms with Gasteiger partial charge in [-0.15, -0.1) is 0 Å². The van der Waals surface area contributed by atoms with E-state index >= 15 is 0 Å². The van der Waals surface area contributed by atoms with Crippen molar-refractivity contribution in [3.8, 4) is 0 Å². The quantitative estimate of drug-likeness (QED) is 0.423. The van der Waals surface area contributed by atoms with Gasteiger partial charge < -0.3 is 0 Å². The van der Waals surface area contributed by atoms with Gasteiger partial charge in [0.05, 0.1) is 0 Å². The second-order valence-corrected chi connectivity index (χ2v) is 1.37. The van der Waals surface area contributed by atoms with E-state index in [4.69, 9.17) is 10.0 Å². The van der Waals surface area contributed by atoms with Crippen LogP contribution in [0, 0.1) is 0 Å². The summed E-state index contributed by atoms with van der Waals surface area (Å²) < 4.78 is 25.8. The van der Waals surface area contributed by atoms with Crippen molar-refractivity contribution in [1.29, 1.82) is 0 Å². The Hall–Kier alpha value is 1.02. The van der Waals surface area contributed by atoms with Crippen molar-refractivity contribution >= 4 is 20.4 Å². The van der Waals surface area contributed by atoms with Gasteiger partial charge in [-0.3, -0.25) is 0 Å². The molecule has 0 N–H and O–H groups in total. The third-order valence-electron chi connectivity index (χ3n) is 0. The van der Waals surface area contributed by atoms with Crippen molar-refractivity contribution in [2.75, 3.05) is 0 Å². The van der Waals surface area contributed by atoms with Crippen LogP contribution in [0.2, 0.25) is 0 Å². The summed E-state index contributed by atoms with van der Waals surface area (Å²) in [7, 11) is 0. The van der Waals surface area contributed by atoms with Gasteiger partial charge in [-0.25, -0.2) is 0 Å². The first-order valence-electron chi connectivity index (χ1n) is 0.500. The van der Waals surface area contributed by atoms with E-state index in [1.807, 2.05) is 0 Å². The van der Waals surface area contributed by atoms with Gasteiger partial charge in [-0.1, -0.05) is 0 Å². The van der Waals surface area contributed by atoms with Gasteiger partial charge in [-0.2, -0.15) is 0 Å². The monoisotopic (exact) mass is 237 g/mol. The third kappa shape index (κ3) is 44.2. The second kappa shape index (κ2) is 5.02. The Morgan fingerprint density at radius 2 is 1.40 bits per heavy atom. The molecule has 5 heteroatoms. The number of hydrogen-bond donors (Lipinski definition) is 0. The summed E-state index contributed by atoms with van der Waals surface area (Å²) in [5, 5.41) is 0. The van der Waals surface area contributed by atoms with Crippen molar-refractivity contribution in [2.24, 2.45) is 0 Å². The van der Waals surface area contributed by atoms with E-state index in [-0.39, 0.29) is 16.8 Å². The van der Waals surface area contributed by atoms with Crippen LogP contribution in [0.25, 0.3) is 0 Å². The predicted octanol–water partition coefficient (Wildman–Crippen LogP) is -2.88. The zero-order chi connectivity index (χ0) is 3.58. The molecule has 0 aromatic heterocycles. The number of rotatable bonds is 0. The first-order chi connectivity index (χ1) is 1.73. The normalized spacial score (nSPS) is 7.00. The fourth-order valence-corrected chi connectivity index (χ4v) is 0. The van der Waals surface area contributed by atoms with Crippen LogP contribution in [0.1, 0.15) is 0 Å². The average molecular weight is 235 g/mol. The van der Waals surface area contributed by atoms with Crippen LogP contribution in [-0.2, 0) is 19.9 Å². The second-order valence-electron chi connectivity index (χ2n) is 0.204. The molecule has 0 heterocycles. The zero-order valence-electron chi connectivity index (χ0n) is 1.97. The molecule has 3 nitrogen and oxygen atoms in total. The molecular formula is CoO3Te.